The van der Waals surface area contributed by atoms with Crippen molar-refractivity contribution in [1.29, 1.82) is 0 Å². The molecule has 0 radical (unpaired) electrons. The summed E-state index contributed by atoms with van der Waals surface area (Å²) in [5.74, 6) is 2.25. The van der Waals surface area contributed by atoms with Gasteiger partial charge in [0.25, 0.3) is 5.56 Å². The molecule has 3 rings (SSSR count). The molecule has 12 heteroatoms. The van der Waals surface area contributed by atoms with E-state index in [-0.39, 0.29) is 12.7 Å². The number of esters is 1. The number of nitrogens with zero attached hydrogens (tertiary/aromatic N) is 1. The predicted molar refractivity (Wildman–Crippen MR) is 143 cm³/mol. The third-order valence-corrected chi connectivity index (χ3v) is 7.88. The van der Waals surface area contributed by atoms with Crippen LogP contribution in [0.5, 0.6) is 5.75 Å². The Kier molecular flexibility index (Phi) is 10.3. The van der Waals surface area contributed by atoms with Crippen molar-refractivity contribution in [2.24, 2.45) is 5.92 Å². The van der Waals surface area contributed by atoms with Crippen molar-refractivity contribution < 1.29 is 23.3 Å². The fourth-order valence-electron chi connectivity index (χ4n) is 3.81. The molecule has 1 aliphatic rings. The summed E-state index contributed by atoms with van der Waals surface area (Å²) in [4.78, 5) is 38.7. The van der Waals surface area contributed by atoms with E-state index in [1.807, 2.05) is 13.0 Å². The fraction of sp³-hybridized carbons (Fsp3) is 0.480. The van der Waals surface area contributed by atoms with Crippen LogP contribution in [-0.2, 0) is 30.6 Å². The maximum atomic E-state index is 12.7. The zero-order valence-corrected chi connectivity index (χ0v) is 22.7. The molecule has 1 saturated heterocycles. The molecule has 2 aromatic rings. The minimum absolute atomic E-state index is 0.00195. The maximum Gasteiger partial charge on any atom is 0.330 e. The van der Waals surface area contributed by atoms with Crippen LogP contribution in [0.1, 0.15) is 46.3 Å². The van der Waals surface area contributed by atoms with Gasteiger partial charge >= 0.3 is 18.3 Å². The fourth-order valence-corrected chi connectivity index (χ4v) is 6.19. The normalized spacial score (nSPS) is 21.6. The van der Waals surface area contributed by atoms with Crippen LogP contribution >= 0.6 is 6.64 Å². The molecule has 10 nitrogen and oxygen atoms in total. The van der Waals surface area contributed by atoms with Crippen molar-refractivity contribution in [2.75, 3.05) is 6.61 Å². The van der Waals surface area contributed by atoms with E-state index in [0.717, 1.165) is 0 Å². The van der Waals surface area contributed by atoms with Crippen molar-refractivity contribution >= 4 is 24.4 Å². The maximum absolute atomic E-state index is 12.7. The molecule has 0 amide bonds. The first-order chi connectivity index (χ1) is 17.6. The van der Waals surface area contributed by atoms with Gasteiger partial charge in [-0.3, -0.25) is 19.1 Å². The molecule has 1 aliphatic heterocycles. The first-order valence-corrected chi connectivity index (χ1v) is 14.7. The van der Waals surface area contributed by atoms with Gasteiger partial charge in [-0.05, 0) is 50.6 Å². The summed E-state index contributed by atoms with van der Waals surface area (Å²) in [6.07, 6.45) is 7.03. The lowest BCUT2D eigenvalue weighted by Gasteiger charge is -2.29. The second-order valence-electron chi connectivity index (χ2n) is 8.83. The average molecular weight is 550 g/mol. The summed E-state index contributed by atoms with van der Waals surface area (Å²) in [5.41, 5.74) is -1.14. The summed E-state index contributed by atoms with van der Waals surface area (Å²) in [6, 6.07) is 9.43. The van der Waals surface area contributed by atoms with Gasteiger partial charge in [-0.1, -0.05) is 37.5 Å². The van der Waals surface area contributed by atoms with Crippen molar-refractivity contribution in [2.45, 2.75) is 64.5 Å². The third kappa shape index (κ3) is 8.12. The summed E-state index contributed by atoms with van der Waals surface area (Å²) < 4.78 is 24.9. The number of benzene rings is 1. The van der Waals surface area contributed by atoms with Gasteiger partial charge in [-0.25, -0.2) is 9.88 Å². The van der Waals surface area contributed by atoms with Crippen molar-refractivity contribution in [3.63, 3.8) is 0 Å². The SMILES string of the molecule is C#CC1CC(COP(=S)(NC(CCC)C(=O)OC(C)C)Oc2ccccc2)OC1n1ccc(=O)[nH]c1=O. The van der Waals surface area contributed by atoms with Crippen molar-refractivity contribution in [3.8, 4) is 18.1 Å². The van der Waals surface area contributed by atoms with E-state index in [2.05, 4.69) is 16.0 Å². The quantitative estimate of drug-likeness (QED) is 0.234. The molecule has 2 heterocycles. The summed E-state index contributed by atoms with van der Waals surface area (Å²) >= 11 is 5.81. The molecule has 5 unspecified atom stereocenters. The lowest BCUT2D eigenvalue weighted by Crippen LogP contribution is -2.39. The summed E-state index contributed by atoms with van der Waals surface area (Å²) in [5, 5.41) is 3.11. The number of nitrogens with one attached hydrogen (secondary N) is 2. The Morgan fingerprint density at radius 2 is 2.05 bits per heavy atom. The molecule has 2 N–H and O–H groups in total. The number of para-hydroxylation sites is 1. The zero-order valence-electron chi connectivity index (χ0n) is 21.0. The molecule has 200 valence electrons. The highest BCUT2D eigenvalue weighted by Gasteiger charge is 2.38. The molecule has 1 fully saturated rings. The minimum Gasteiger partial charge on any atom is -0.462 e. The number of H-pyrrole nitrogens is 1. The van der Waals surface area contributed by atoms with Crippen LogP contribution in [0, 0.1) is 18.3 Å². The van der Waals surface area contributed by atoms with Gasteiger partial charge in [0.05, 0.1) is 24.7 Å². The van der Waals surface area contributed by atoms with Gasteiger partial charge in [-0.15, -0.1) is 6.42 Å². The first kappa shape index (κ1) is 28.8. The topological polar surface area (TPSA) is 121 Å². The highest BCUT2D eigenvalue weighted by Crippen LogP contribution is 2.47. The van der Waals surface area contributed by atoms with E-state index in [9.17, 15) is 14.4 Å². The van der Waals surface area contributed by atoms with Gasteiger partial charge in [0.15, 0.2) is 6.23 Å². The van der Waals surface area contributed by atoms with E-state index < -0.39 is 48.2 Å². The van der Waals surface area contributed by atoms with Gasteiger partial charge in [0, 0.05) is 12.3 Å². The van der Waals surface area contributed by atoms with Crippen LogP contribution in [0.3, 0.4) is 0 Å². The van der Waals surface area contributed by atoms with Crippen LogP contribution < -0.4 is 20.9 Å². The van der Waals surface area contributed by atoms with Gasteiger partial charge in [0.1, 0.15) is 11.8 Å². The highest BCUT2D eigenvalue weighted by atomic mass is 32.5. The van der Waals surface area contributed by atoms with Crippen LogP contribution in [-0.4, -0.2) is 40.4 Å². The molecular weight excluding hydrogens is 517 g/mol. The number of aromatic nitrogens is 2. The average Bonchev–Trinajstić information content (AvgIpc) is 3.26. The largest absolute Gasteiger partial charge is 0.462 e. The number of ether oxygens (including phenoxy) is 2. The lowest BCUT2D eigenvalue weighted by molar-refractivity contribution is -0.149. The second kappa shape index (κ2) is 13.2. The molecule has 5 atom stereocenters. The second-order valence-corrected chi connectivity index (χ2v) is 12.0. The Morgan fingerprint density at radius 1 is 1.32 bits per heavy atom. The van der Waals surface area contributed by atoms with E-state index in [1.165, 1.54) is 16.8 Å². The predicted octanol–water partition coefficient (Wildman–Crippen LogP) is 3.10. The Morgan fingerprint density at radius 3 is 2.68 bits per heavy atom. The van der Waals surface area contributed by atoms with Gasteiger partial charge < -0.3 is 18.5 Å². The number of rotatable bonds is 12. The first-order valence-electron chi connectivity index (χ1n) is 12.0. The summed E-state index contributed by atoms with van der Waals surface area (Å²) in [7, 11) is 0. The van der Waals surface area contributed by atoms with Crippen LogP contribution in [0.25, 0.3) is 0 Å². The number of hydrogen-bond acceptors (Lipinski definition) is 8. The molecule has 1 aromatic carbocycles. The number of aromatic amines is 1. The number of hydrogen-bond donors (Lipinski definition) is 2. The number of carbonyl (C=O) groups excluding carboxylic acids is 1. The van der Waals surface area contributed by atoms with E-state index >= 15 is 0 Å². The standard InChI is InChI=1S/C25H32N3O7PS/c1-5-10-21(24(30)33-17(3)4)27-36(37,35-19-11-8-7-9-12-19)32-16-20-15-18(6-2)23(34-20)28-14-13-22(29)26-25(28)31/h2,7-9,11-14,17-18,20-21,23H,5,10,15-16H2,1,3-4H3,(H,27,37)(H,26,29,31). The number of carbonyl (C=O) groups is 1. The summed E-state index contributed by atoms with van der Waals surface area (Å²) in [6.45, 7) is 2.22. The molecule has 1 aromatic heterocycles. The van der Waals surface area contributed by atoms with Crippen LogP contribution in [0.2, 0.25) is 0 Å². The van der Waals surface area contributed by atoms with E-state index in [4.69, 9.17) is 36.8 Å². The molecular formula is C25H32N3O7PS. The lowest BCUT2D eigenvalue weighted by atomic mass is 10.0. The van der Waals surface area contributed by atoms with Crippen molar-refractivity contribution in [1.82, 2.24) is 14.6 Å². The van der Waals surface area contributed by atoms with E-state index in [0.29, 0.717) is 25.0 Å². The Bertz CT molecular complexity index is 1260. The Balaban J connectivity index is 1.78. The molecule has 0 spiro atoms. The van der Waals surface area contributed by atoms with Crippen LogP contribution in [0.4, 0.5) is 0 Å². The Hall–Kier alpha value is -2.74. The van der Waals surface area contributed by atoms with Crippen LogP contribution in [0.15, 0.2) is 52.2 Å². The zero-order chi connectivity index (χ0) is 27.0. The minimum atomic E-state index is -3.28. The van der Waals surface area contributed by atoms with Crippen molar-refractivity contribution in [3.05, 3.63) is 63.4 Å². The highest BCUT2D eigenvalue weighted by molar-refractivity contribution is 8.09. The van der Waals surface area contributed by atoms with Gasteiger partial charge in [-0.2, -0.15) is 0 Å². The van der Waals surface area contributed by atoms with E-state index in [1.54, 1.807) is 38.1 Å². The molecule has 37 heavy (non-hydrogen) atoms. The molecule has 0 saturated carbocycles. The molecule has 0 aliphatic carbocycles. The molecule has 0 bridgehead atoms. The van der Waals surface area contributed by atoms with Gasteiger partial charge in [0.2, 0.25) is 0 Å². The smallest absolute Gasteiger partial charge is 0.330 e. The Labute approximate surface area is 220 Å². The third-order valence-electron chi connectivity index (χ3n) is 5.46. The number of terminal acetylenes is 1. The monoisotopic (exact) mass is 549 g/mol.